The third-order valence-corrected chi connectivity index (χ3v) is 3.99. The summed E-state index contributed by atoms with van der Waals surface area (Å²) in [4.78, 5) is 4.47. The molecule has 0 aliphatic heterocycles. The molecule has 5 N–H and O–H groups in total. The Balaban J connectivity index is 1.86. The fraction of sp³-hybridized carbons (Fsp3) is 0.294. The molecular formula is C17H21FN6. The highest BCUT2D eigenvalue weighted by Crippen LogP contribution is 2.24. The molecule has 0 aliphatic carbocycles. The van der Waals surface area contributed by atoms with Crippen molar-refractivity contribution in [3.63, 3.8) is 0 Å². The summed E-state index contributed by atoms with van der Waals surface area (Å²) in [7, 11) is 0. The largest absolute Gasteiger partial charge is 0.394 e. The van der Waals surface area contributed by atoms with Crippen LogP contribution in [0.2, 0.25) is 0 Å². The molecule has 0 spiro atoms. The van der Waals surface area contributed by atoms with Crippen molar-refractivity contribution in [3.05, 3.63) is 53.6 Å². The molecule has 3 aromatic rings. The van der Waals surface area contributed by atoms with Crippen LogP contribution in [0.5, 0.6) is 0 Å². The van der Waals surface area contributed by atoms with Gasteiger partial charge in [-0.05, 0) is 55.6 Å². The van der Waals surface area contributed by atoms with Gasteiger partial charge in [0.25, 0.3) is 0 Å². The molecule has 0 saturated heterocycles. The summed E-state index contributed by atoms with van der Waals surface area (Å²) in [6.45, 7) is 2.59. The molecule has 1 atom stereocenters. The van der Waals surface area contributed by atoms with Crippen LogP contribution in [-0.4, -0.2) is 21.1 Å². The molecule has 0 saturated carbocycles. The van der Waals surface area contributed by atoms with E-state index in [0.717, 1.165) is 24.0 Å². The number of halogens is 1. The lowest BCUT2D eigenvalue weighted by Crippen LogP contribution is -2.12. The monoisotopic (exact) mass is 328 g/mol. The predicted octanol–water partition coefficient (Wildman–Crippen LogP) is 2.51. The Bertz CT molecular complexity index is 844. The first-order valence-electron chi connectivity index (χ1n) is 7.93. The highest BCUT2D eigenvalue weighted by atomic mass is 19.1. The van der Waals surface area contributed by atoms with Crippen LogP contribution in [0.25, 0.3) is 5.65 Å². The number of benzene rings is 1. The van der Waals surface area contributed by atoms with Crippen molar-refractivity contribution in [3.8, 4) is 0 Å². The topological polar surface area (TPSA) is 94.3 Å². The zero-order valence-corrected chi connectivity index (χ0v) is 13.5. The quantitative estimate of drug-likeness (QED) is 0.646. The summed E-state index contributed by atoms with van der Waals surface area (Å²) < 4.78 is 15.3. The predicted molar refractivity (Wildman–Crippen MR) is 93.2 cm³/mol. The molecule has 2 heterocycles. The van der Waals surface area contributed by atoms with Gasteiger partial charge in [-0.1, -0.05) is 6.07 Å². The first-order valence-corrected chi connectivity index (χ1v) is 7.93. The van der Waals surface area contributed by atoms with Gasteiger partial charge in [0.1, 0.15) is 11.6 Å². The summed E-state index contributed by atoms with van der Waals surface area (Å²) in [6.07, 6.45) is 5.03. The number of rotatable bonds is 6. The van der Waals surface area contributed by atoms with E-state index in [-0.39, 0.29) is 11.9 Å². The lowest BCUT2D eigenvalue weighted by molar-refractivity contribution is 0.621. The molecule has 6 nitrogen and oxygen atoms in total. The average molecular weight is 328 g/mol. The van der Waals surface area contributed by atoms with Gasteiger partial charge in [0.05, 0.1) is 17.9 Å². The Morgan fingerprint density at radius 3 is 2.96 bits per heavy atom. The Labute approximate surface area is 139 Å². The number of aromatic nitrogens is 3. The fourth-order valence-corrected chi connectivity index (χ4v) is 2.76. The van der Waals surface area contributed by atoms with Crippen LogP contribution in [0.3, 0.4) is 0 Å². The lowest BCUT2D eigenvalue weighted by atomic mass is 9.97. The lowest BCUT2D eigenvalue weighted by Gasteiger charge is -2.19. The van der Waals surface area contributed by atoms with E-state index in [2.05, 4.69) is 15.4 Å². The van der Waals surface area contributed by atoms with E-state index in [0.29, 0.717) is 23.7 Å². The number of aryl methyl sites for hydroxylation is 1. The Morgan fingerprint density at radius 2 is 2.17 bits per heavy atom. The van der Waals surface area contributed by atoms with E-state index in [9.17, 15) is 4.39 Å². The van der Waals surface area contributed by atoms with E-state index < -0.39 is 0 Å². The van der Waals surface area contributed by atoms with Crippen LogP contribution < -0.4 is 16.8 Å². The number of hydrogen-bond acceptors (Lipinski definition) is 5. The number of fused-ring (bicyclic) bond motifs is 1. The molecule has 1 aromatic carbocycles. The van der Waals surface area contributed by atoms with Crippen molar-refractivity contribution < 1.29 is 4.39 Å². The minimum atomic E-state index is -0.251. The van der Waals surface area contributed by atoms with Crippen LogP contribution in [0.15, 0.2) is 36.7 Å². The number of nitrogens with two attached hydrogens (primary N) is 2. The van der Waals surface area contributed by atoms with Crippen LogP contribution in [0, 0.1) is 5.82 Å². The van der Waals surface area contributed by atoms with Crippen molar-refractivity contribution in [1.29, 1.82) is 0 Å². The number of nitrogens with one attached hydrogen (secondary N) is 1. The maximum absolute atomic E-state index is 13.7. The van der Waals surface area contributed by atoms with Gasteiger partial charge in [0.2, 0.25) is 0 Å². The first-order chi connectivity index (χ1) is 11.6. The van der Waals surface area contributed by atoms with Crippen molar-refractivity contribution in [2.45, 2.75) is 25.8 Å². The first kappa shape index (κ1) is 16.2. The van der Waals surface area contributed by atoms with E-state index in [1.54, 1.807) is 23.0 Å². The molecule has 24 heavy (non-hydrogen) atoms. The van der Waals surface area contributed by atoms with Gasteiger partial charge in [0, 0.05) is 6.20 Å². The summed E-state index contributed by atoms with van der Waals surface area (Å²) >= 11 is 0. The van der Waals surface area contributed by atoms with Gasteiger partial charge in [-0.3, -0.25) is 0 Å². The molecule has 126 valence electrons. The van der Waals surface area contributed by atoms with Crippen LogP contribution in [-0.2, 0) is 6.42 Å². The van der Waals surface area contributed by atoms with Crippen LogP contribution in [0.1, 0.15) is 30.5 Å². The minimum absolute atomic E-state index is 0.104. The summed E-state index contributed by atoms with van der Waals surface area (Å²) in [5.74, 6) is 0.412. The standard InChI is InChI=1S/C17H21FN6/c1-11(14-9-13(18)5-4-12(14)3-2-7-19)22-16-6-8-24-17(23-16)15(20)10-21-24/h4-6,8-11H,2-3,7,19-20H2,1H3,(H,22,23)/t11-/m1/s1. The second-order valence-corrected chi connectivity index (χ2v) is 5.78. The second kappa shape index (κ2) is 6.84. The molecule has 0 amide bonds. The minimum Gasteiger partial charge on any atom is -0.394 e. The number of nitrogen functional groups attached to an aromatic ring is 1. The third-order valence-electron chi connectivity index (χ3n) is 3.99. The van der Waals surface area contributed by atoms with Crippen molar-refractivity contribution in [2.24, 2.45) is 5.73 Å². The van der Waals surface area contributed by atoms with E-state index in [4.69, 9.17) is 11.5 Å². The van der Waals surface area contributed by atoms with Crippen LogP contribution in [0.4, 0.5) is 15.9 Å². The van der Waals surface area contributed by atoms with Crippen molar-refractivity contribution in [2.75, 3.05) is 17.6 Å². The maximum Gasteiger partial charge on any atom is 0.180 e. The fourth-order valence-electron chi connectivity index (χ4n) is 2.76. The molecule has 3 rings (SSSR count). The molecule has 0 fully saturated rings. The van der Waals surface area contributed by atoms with Gasteiger partial charge in [-0.2, -0.15) is 5.10 Å². The Hall–Kier alpha value is -2.67. The summed E-state index contributed by atoms with van der Waals surface area (Å²) in [6, 6.07) is 6.58. The van der Waals surface area contributed by atoms with E-state index >= 15 is 0 Å². The number of anilines is 2. The molecule has 0 bridgehead atoms. The third kappa shape index (κ3) is 3.30. The zero-order chi connectivity index (χ0) is 17.1. The molecule has 0 radical (unpaired) electrons. The average Bonchev–Trinajstić information content (AvgIpc) is 2.94. The van der Waals surface area contributed by atoms with Crippen molar-refractivity contribution >= 4 is 17.2 Å². The molecular weight excluding hydrogens is 307 g/mol. The molecule has 7 heteroatoms. The normalized spacial score (nSPS) is 12.5. The number of hydrogen-bond donors (Lipinski definition) is 3. The van der Waals surface area contributed by atoms with E-state index in [1.165, 1.54) is 6.07 Å². The molecule has 2 aromatic heterocycles. The van der Waals surface area contributed by atoms with Gasteiger partial charge < -0.3 is 16.8 Å². The molecule has 0 unspecified atom stereocenters. The summed E-state index contributed by atoms with van der Waals surface area (Å²) in [5.41, 5.74) is 14.5. The number of nitrogens with zero attached hydrogens (tertiary/aromatic N) is 3. The van der Waals surface area contributed by atoms with Gasteiger partial charge in [-0.25, -0.2) is 13.9 Å². The maximum atomic E-state index is 13.7. The highest BCUT2D eigenvalue weighted by molar-refractivity contribution is 5.65. The Kier molecular flexibility index (Phi) is 4.61. The van der Waals surface area contributed by atoms with E-state index in [1.807, 2.05) is 19.1 Å². The van der Waals surface area contributed by atoms with Crippen LogP contribution >= 0.6 is 0 Å². The van der Waals surface area contributed by atoms with Gasteiger partial charge in [0.15, 0.2) is 5.65 Å². The highest BCUT2D eigenvalue weighted by Gasteiger charge is 2.13. The van der Waals surface area contributed by atoms with Gasteiger partial charge in [-0.15, -0.1) is 0 Å². The van der Waals surface area contributed by atoms with Crippen molar-refractivity contribution in [1.82, 2.24) is 14.6 Å². The zero-order valence-electron chi connectivity index (χ0n) is 13.5. The Morgan fingerprint density at radius 1 is 1.33 bits per heavy atom. The second-order valence-electron chi connectivity index (χ2n) is 5.78. The van der Waals surface area contributed by atoms with Gasteiger partial charge >= 0.3 is 0 Å². The smallest absolute Gasteiger partial charge is 0.180 e. The summed E-state index contributed by atoms with van der Waals surface area (Å²) in [5, 5.41) is 7.40. The molecule has 0 aliphatic rings. The SMILES string of the molecule is C[C@@H](Nc1ccn2ncc(N)c2n1)c1cc(F)ccc1CCCN.